The van der Waals surface area contributed by atoms with Gasteiger partial charge in [0, 0.05) is 18.3 Å². The average Bonchev–Trinajstić information content (AvgIpc) is 2.63. The summed E-state index contributed by atoms with van der Waals surface area (Å²) in [5, 5.41) is 0. The predicted octanol–water partition coefficient (Wildman–Crippen LogP) is 6.74. The average molecular weight is 371 g/mol. The number of allylic oxidation sites excluding steroid dienone is 4. The van der Waals surface area contributed by atoms with Crippen LogP contribution in [0.25, 0.3) is 0 Å². The van der Waals surface area contributed by atoms with E-state index in [-0.39, 0.29) is 5.41 Å². The number of ketones is 2. The van der Waals surface area contributed by atoms with Gasteiger partial charge in [-0.15, -0.1) is 0 Å². The van der Waals surface area contributed by atoms with Crippen LogP contribution in [0, 0.1) is 16.2 Å². The lowest BCUT2D eigenvalue weighted by Crippen LogP contribution is -2.42. The Morgan fingerprint density at radius 3 is 2.19 bits per heavy atom. The molecule has 0 amide bonds. The largest absolute Gasteiger partial charge is 0.299 e. The highest BCUT2D eigenvalue weighted by Gasteiger charge is 2.46. The number of fused-ring (bicyclic) bond motifs is 2. The molecular weight excluding hydrogens is 332 g/mol. The van der Waals surface area contributed by atoms with Crippen LogP contribution in [0.15, 0.2) is 22.8 Å². The molecule has 0 bridgehead atoms. The second kappa shape index (κ2) is 7.33. The van der Waals surface area contributed by atoms with Crippen molar-refractivity contribution in [3.05, 3.63) is 22.8 Å². The summed E-state index contributed by atoms with van der Waals surface area (Å²) in [6.07, 6.45) is 14.9. The third-order valence-corrected chi connectivity index (χ3v) is 8.11. The minimum absolute atomic E-state index is 0.187. The molecule has 0 unspecified atom stereocenters. The summed E-state index contributed by atoms with van der Waals surface area (Å²) in [5.41, 5.74) is 4.52. The maximum atomic E-state index is 11.9. The molecule has 2 heteroatoms. The van der Waals surface area contributed by atoms with E-state index in [1.807, 2.05) is 6.92 Å². The number of carbonyl (C=O) groups is 2. The molecule has 0 aromatic carbocycles. The molecule has 2 saturated carbocycles. The van der Waals surface area contributed by atoms with Gasteiger partial charge in [0.25, 0.3) is 0 Å². The lowest BCUT2D eigenvalue weighted by molar-refractivity contribution is -0.128. The maximum absolute atomic E-state index is 11.9. The molecule has 27 heavy (non-hydrogen) atoms. The summed E-state index contributed by atoms with van der Waals surface area (Å²) in [6, 6.07) is 0. The molecule has 2 nitrogen and oxygen atoms in total. The molecule has 2 fully saturated rings. The molecule has 0 aromatic rings. The summed E-state index contributed by atoms with van der Waals surface area (Å²) in [4.78, 5) is 23.4. The number of hydrogen-bond acceptors (Lipinski definition) is 2. The molecule has 0 aromatic heterocycles. The monoisotopic (exact) mass is 370 g/mol. The van der Waals surface area contributed by atoms with E-state index < -0.39 is 0 Å². The molecule has 4 aliphatic rings. The highest BCUT2D eigenvalue weighted by Crippen LogP contribution is 2.53. The van der Waals surface area contributed by atoms with Crippen molar-refractivity contribution < 1.29 is 9.59 Å². The molecule has 0 N–H and O–H groups in total. The second-order valence-electron chi connectivity index (χ2n) is 10.4. The van der Waals surface area contributed by atoms with E-state index in [2.05, 4.69) is 33.8 Å². The molecule has 0 saturated heterocycles. The Morgan fingerprint density at radius 2 is 1.44 bits per heavy atom. The third-order valence-electron chi connectivity index (χ3n) is 8.11. The normalized spacial score (nSPS) is 35.5. The van der Waals surface area contributed by atoms with Gasteiger partial charge in [-0.2, -0.15) is 0 Å². The molecule has 0 spiro atoms. The van der Waals surface area contributed by atoms with Crippen molar-refractivity contribution in [1.29, 1.82) is 0 Å². The third kappa shape index (κ3) is 3.74. The molecule has 2 atom stereocenters. The minimum atomic E-state index is -0.187. The molecule has 150 valence electrons. The van der Waals surface area contributed by atoms with E-state index >= 15 is 0 Å². The van der Waals surface area contributed by atoms with Crippen LogP contribution in [0.2, 0.25) is 0 Å². The Labute approximate surface area is 165 Å². The maximum Gasteiger partial charge on any atom is 0.158 e. The van der Waals surface area contributed by atoms with Gasteiger partial charge in [0.05, 0.1) is 0 Å². The van der Waals surface area contributed by atoms with Crippen LogP contribution in [-0.4, -0.2) is 11.6 Å². The van der Waals surface area contributed by atoms with Crippen LogP contribution in [0.3, 0.4) is 0 Å². The van der Waals surface area contributed by atoms with E-state index in [9.17, 15) is 9.59 Å². The zero-order valence-corrected chi connectivity index (χ0v) is 18.2. The fourth-order valence-corrected chi connectivity index (χ4v) is 6.17. The van der Waals surface area contributed by atoms with Gasteiger partial charge in [-0.1, -0.05) is 37.5 Å². The van der Waals surface area contributed by atoms with Crippen molar-refractivity contribution in [3.63, 3.8) is 0 Å². The van der Waals surface area contributed by atoms with Crippen molar-refractivity contribution in [3.8, 4) is 0 Å². The number of carbonyl (C=O) groups excluding carboxylic acids is 2. The zero-order valence-electron chi connectivity index (χ0n) is 18.2. The number of hydrogen-bond donors (Lipinski definition) is 0. The molecule has 0 aliphatic heterocycles. The van der Waals surface area contributed by atoms with Crippen molar-refractivity contribution in [2.45, 2.75) is 105 Å². The number of Topliss-reactive ketones (excluding diaryl/α,β-unsaturated/α-hetero) is 2. The first-order valence-electron chi connectivity index (χ1n) is 11.1. The van der Waals surface area contributed by atoms with E-state index in [0.29, 0.717) is 22.4 Å². The van der Waals surface area contributed by atoms with Gasteiger partial charge >= 0.3 is 0 Å². The van der Waals surface area contributed by atoms with Crippen molar-refractivity contribution >= 4 is 11.6 Å². The van der Waals surface area contributed by atoms with Gasteiger partial charge in [-0.3, -0.25) is 9.59 Å². The second-order valence-corrected chi connectivity index (χ2v) is 10.4. The molecule has 4 rings (SSSR count). The summed E-state index contributed by atoms with van der Waals surface area (Å²) in [7, 11) is 0. The predicted molar refractivity (Wildman–Crippen MR) is 112 cm³/mol. The fraction of sp³-hybridized carbons (Fsp3) is 0.760. The Balaban J connectivity index is 0.000000156. The standard InChI is InChI=1S/C13H20O.C12H18O/c1-12(2)10-6-4-5-8-13(10,3)9-7-11(12)14;1-9-10-5-3-4-7-12(10,2)8-6-11(9)13/h6H,4-5,7-9H2,1-3H3;3-8H2,1-2H3/t13-;12-/m00/s1. The summed E-state index contributed by atoms with van der Waals surface area (Å²) in [6.45, 7) is 10.9. The first-order chi connectivity index (χ1) is 12.6. The Kier molecular flexibility index (Phi) is 5.58. The van der Waals surface area contributed by atoms with Gasteiger partial charge < -0.3 is 0 Å². The highest BCUT2D eigenvalue weighted by atomic mass is 16.1. The Bertz CT molecular complexity index is 693. The summed E-state index contributed by atoms with van der Waals surface area (Å²) >= 11 is 0. The molecular formula is C25H38O2. The van der Waals surface area contributed by atoms with Gasteiger partial charge in [0.2, 0.25) is 0 Å². The quantitative estimate of drug-likeness (QED) is 0.443. The Hall–Kier alpha value is -1.18. The van der Waals surface area contributed by atoms with Gasteiger partial charge in [0.15, 0.2) is 5.78 Å². The van der Waals surface area contributed by atoms with Gasteiger partial charge in [-0.25, -0.2) is 0 Å². The topological polar surface area (TPSA) is 34.1 Å². The molecule has 4 aliphatic carbocycles. The minimum Gasteiger partial charge on any atom is -0.299 e. The fourth-order valence-electron chi connectivity index (χ4n) is 6.17. The smallest absolute Gasteiger partial charge is 0.158 e. The van der Waals surface area contributed by atoms with Gasteiger partial charge in [0.1, 0.15) is 5.78 Å². The van der Waals surface area contributed by atoms with Crippen LogP contribution < -0.4 is 0 Å². The van der Waals surface area contributed by atoms with Crippen molar-refractivity contribution in [1.82, 2.24) is 0 Å². The summed E-state index contributed by atoms with van der Waals surface area (Å²) in [5.74, 6) is 0.831. The lowest BCUT2D eigenvalue weighted by Gasteiger charge is -2.47. The first kappa shape index (κ1) is 20.6. The van der Waals surface area contributed by atoms with E-state index in [1.54, 1.807) is 0 Å². The van der Waals surface area contributed by atoms with Gasteiger partial charge in [-0.05, 0) is 88.5 Å². The molecule has 0 heterocycles. The van der Waals surface area contributed by atoms with Crippen LogP contribution in [0.5, 0.6) is 0 Å². The van der Waals surface area contributed by atoms with Crippen molar-refractivity contribution in [2.24, 2.45) is 16.2 Å². The van der Waals surface area contributed by atoms with Crippen molar-refractivity contribution in [2.75, 3.05) is 0 Å². The van der Waals surface area contributed by atoms with Crippen LogP contribution in [0.1, 0.15) is 105 Å². The first-order valence-corrected chi connectivity index (χ1v) is 11.1. The number of rotatable bonds is 0. The van der Waals surface area contributed by atoms with E-state index in [1.165, 1.54) is 56.1 Å². The summed E-state index contributed by atoms with van der Waals surface area (Å²) < 4.78 is 0. The van der Waals surface area contributed by atoms with Crippen LogP contribution in [0.4, 0.5) is 0 Å². The van der Waals surface area contributed by atoms with Crippen LogP contribution >= 0.6 is 0 Å². The van der Waals surface area contributed by atoms with E-state index in [4.69, 9.17) is 0 Å². The SMILES string of the molecule is CC1(C)C(=O)CC[C@]2(C)CCCC=C12.CC1=C2CCCC[C@@]2(C)CCC1=O. The highest BCUT2D eigenvalue weighted by molar-refractivity contribution is 5.96. The lowest BCUT2D eigenvalue weighted by atomic mass is 9.56. The van der Waals surface area contributed by atoms with Crippen LogP contribution in [-0.2, 0) is 9.59 Å². The van der Waals surface area contributed by atoms with E-state index in [0.717, 1.165) is 31.3 Å². The Morgan fingerprint density at radius 1 is 0.778 bits per heavy atom. The molecule has 0 radical (unpaired) electrons. The zero-order chi connectivity index (χ0) is 19.9.